The van der Waals surface area contributed by atoms with E-state index < -0.39 is 0 Å². The maximum Gasteiger partial charge on any atom is 0.291 e. The van der Waals surface area contributed by atoms with Gasteiger partial charge in [0.1, 0.15) is 10.4 Å². The van der Waals surface area contributed by atoms with Gasteiger partial charge in [-0.3, -0.25) is 4.79 Å². The SMILES string of the molecule is O=C(NC1=C(c2ccccc2)NC(c2ccccc2)S1)c1ccco1. The number of benzene rings is 2. The highest BCUT2D eigenvalue weighted by molar-refractivity contribution is 8.03. The molecule has 0 spiro atoms. The first-order valence-electron chi connectivity index (χ1n) is 7.94. The van der Waals surface area contributed by atoms with Crippen molar-refractivity contribution in [2.45, 2.75) is 5.37 Å². The number of carbonyl (C=O) groups is 1. The number of thioether (sulfide) groups is 1. The van der Waals surface area contributed by atoms with E-state index in [9.17, 15) is 4.79 Å². The van der Waals surface area contributed by atoms with Crippen LogP contribution >= 0.6 is 11.8 Å². The van der Waals surface area contributed by atoms with Gasteiger partial charge < -0.3 is 15.1 Å². The Morgan fingerprint density at radius 2 is 1.68 bits per heavy atom. The van der Waals surface area contributed by atoms with E-state index in [0.29, 0.717) is 5.76 Å². The van der Waals surface area contributed by atoms with E-state index in [-0.39, 0.29) is 11.3 Å². The molecule has 25 heavy (non-hydrogen) atoms. The summed E-state index contributed by atoms with van der Waals surface area (Å²) in [5, 5.41) is 7.34. The molecule has 4 nitrogen and oxygen atoms in total. The van der Waals surface area contributed by atoms with Gasteiger partial charge in [-0.2, -0.15) is 0 Å². The first kappa shape index (κ1) is 15.6. The van der Waals surface area contributed by atoms with Crippen molar-refractivity contribution in [2.75, 3.05) is 0 Å². The van der Waals surface area contributed by atoms with Crippen LogP contribution in [-0.4, -0.2) is 5.91 Å². The van der Waals surface area contributed by atoms with E-state index in [1.807, 2.05) is 48.5 Å². The largest absolute Gasteiger partial charge is 0.459 e. The normalized spacial score (nSPS) is 16.6. The lowest BCUT2D eigenvalue weighted by Gasteiger charge is -2.12. The van der Waals surface area contributed by atoms with Crippen LogP contribution in [-0.2, 0) is 0 Å². The Kier molecular flexibility index (Phi) is 4.31. The predicted octanol–water partition coefficient (Wildman–Crippen LogP) is 4.37. The Hall–Kier alpha value is -2.92. The summed E-state index contributed by atoms with van der Waals surface area (Å²) in [4.78, 5) is 12.4. The zero-order valence-corrected chi connectivity index (χ0v) is 14.1. The Morgan fingerprint density at radius 1 is 0.960 bits per heavy atom. The van der Waals surface area contributed by atoms with Crippen molar-refractivity contribution in [1.29, 1.82) is 0 Å². The molecule has 124 valence electrons. The van der Waals surface area contributed by atoms with Gasteiger partial charge in [0, 0.05) is 5.56 Å². The number of hydrogen-bond acceptors (Lipinski definition) is 4. The number of nitrogens with one attached hydrogen (secondary N) is 2. The second-order valence-corrected chi connectivity index (χ2v) is 6.67. The quantitative estimate of drug-likeness (QED) is 0.735. The van der Waals surface area contributed by atoms with E-state index in [1.165, 1.54) is 6.26 Å². The molecule has 1 aromatic heterocycles. The lowest BCUT2D eigenvalue weighted by atomic mass is 10.1. The highest BCUT2D eigenvalue weighted by Gasteiger charge is 2.28. The van der Waals surface area contributed by atoms with Crippen molar-refractivity contribution >= 4 is 23.4 Å². The summed E-state index contributed by atoms with van der Waals surface area (Å²) in [5.41, 5.74) is 3.10. The molecule has 4 rings (SSSR count). The van der Waals surface area contributed by atoms with Gasteiger partial charge in [0.15, 0.2) is 5.76 Å². The fraction of sp³-hybridized carbons (Fsp3) is 0.0500. The molecule has 2 heterocycles. The van der Waals surface area contributed by atoms with Crippen molar-refractivity contribution < 1.29 is 9.21 Å². The molecule has 2 aromatic carbocycles. The Morgan fingerprint density at radius 3 is 2.36 bits per heavy atom. The smallest absolute Gasteiger partial charge is 0.291 e. The minimum atomic E-state index is -0.253. The van der Waals surface area contributed by atoms with Gasteiger partial charge in [-0.1, -0.05) is 72.4 Å². The topological polar surface area (TPSA) is 54.3 Å². The molecule has 1 aliphatic heterocycles. The van der Waals surface area contributed by atoms with E-state index in [2.05, 4.69) is 22.8 Å². The summed E-state index contributed by atoms with van der Waals surface area (Å²) in [6, 6.07) is 23.5. The molecule has 1 unspecified atom stereocenters. The molecule has 3 aromatic rings. The Labute approximate surface area is 149 Å². The van der Waals surface area contributed by atoms with Crippen molar-refractivity contribution in [1.82, 2.24) is 10.6 Å². The molecular weight excluding hydrogens is 332 g/mol. The number of carbonyl (C=O) groups excluding carboxylic acids is 1. The maximum atomic E-state index is 12.4. The Bertz CT molecular complexity index is 890. The second-order valence-electron chi connectivity index (χ2n) is 5.55. The van der Waals surface area contributed by atoms with Gasteiger partial charge in [0.2, 0.25) is 0 Å². The molecule has 5 heteroatoms. The molecule has 0 saturated heterocycles. The van der Waals surface area contributed by atoms with Gasteiger partial charge in [0.25, 0.3) is 5.91 Å². The third kappa shape index (κ3) is 3.32. The standard InChI is InChI=1S/C20H16N2O2S/c23-18(16-12-7-13-24-16)22-20-17(14-8-3-1-4-9-14)21-19(25-20)15-10-5-2-6-11-15/h1-13,19,21H,(H,22,23). The minimum Gasteiger partial charge on any atom is -0.459 e. The van der Waals surface area contributed by atoms with Crippen LogP contribution in [0.5, 0.6) is 0 Å². The maximum absolute atomic E-state index is 12.4. The average molecular weight is 348 g/mol. The van der Waals surface area contributed by atoms with Crippen molar-refractivity contribution in [3.05, 3.63) is 101 Å². The molecule has 1 atom stereocenters. The molecule has 0 saturated carbocycles. The predicted molar refractivity (Wildman–Crippen MR) is 99.4 cm³/mol. The fourth-order valence-electron chi connectivity index (χ4n) is 2.67. The van der Waals surface area contributed by atoms with Crippen LogP contribution in [0.1, 0.15) is 27.1 Å². The summed E-state index contributed by atoms with van der Waals surface area (Å²) in [6.07, 6.45) is 1.49. The highest BCUT2D eigenvalue weighted by Crippen LogP contribution is 2.42. The molecule has 0 aliphatic carbocycles. The van der Waals surface area contributed by atoms with Crippen LogP contribution in [0.25, 0.3) is 5.70 Å². The lowest BCUT2D eigenvalue weighted by molar-refractivity contribution is 0.0941. The van der Waals surface area contributed by atoms with Gasteiger partial charge in [-0.25, -0.2) is 0 Å². The monoisotopic (exact) mass is 348 g/mol. The molecule has 1 amide bonds. The molecule has 0 radical (unpaired) electrons. The zero-order chi connectivity index (χ0) is 17.1. The lowest BCUT2D eigenvalue weighted by Crippen LogP contribution is -2.21. The van der Waals surface area contributed by atoms with E-state index >= 15 is 0 Å². The summed E-state index contributed by atoms with van der Waals surface area (Å²) < 4.78 is 5.19. The van der Waals surface area contributed by atoms with Crippen molar-refractivity contribution in [3.63, 3.8) is 0 Å². The van der Waals surface area contributed by atoms with Crippen LogP contribution in [0.3, 0.4) is 0 Å². The second kappa shape index (κ2) is 6.91. The first-order chi connectivity index (χ1) is 12.3. The number of amides is 1. The third-order valence-corrected chi connectivity index (χ3v) is 5.04. The van der Waals surface area contributed by atoms with Gasteiger partial charge in [-0.05, 0) is 17.7 Å². The summed E-state index contributed by atoms with van der Waals surface area (Å²) in [7, 11) is 0. The summed E-state index contributed by atoms with van der Waals surface area (Å²) in [6.45, 7) is 0. The van der Waals surface area contributed by atoms with Crippen LogP contribution in [0.2, 0.25) is 0 Å². The average Bonchev–Trinajstić information content (AvgIpc) is 3.33. The molecule has 1 aliphatic rings. The minimum absolute atomic E-state index is 0.0447. The fourth-order valence-corrected chi connectivity index (χ4v) is 3.82. The molecule has 0 fully saturated rings. The molecule has 2 N–H and O–H groups in total. The van der Waals surface area contributed by atoms with Crippen molar-refractivity contribution in [3.8, 4) is 0 Å². The summed E-state index contributed by atoms with van der Waals surface area (Å²) in [5.74, 6) is 0.0418. The summed E-state index contributed by atoms with van der Waals surface area (Å²) >= 11 is 1.59. The van der Waals surface area contributed by atoms with Crippen LogP contribution in [0.15, 0.2) is 88.5 Å². The molecule has 0 bridgehead atoms. The van der Waals surface area contributed by atoms with Gasteiger partial charge in [0.05, 0.1) is 12.0 Å². The van der Waals surface area contributed by atoms with E-state index in [1.54, 1.807) is 23.9 Å². The number of furan rings is 1. The van der Waals surface area contributed by atoms with Gasteiger partial charge >= 0.3 is 0 Å². The van der Waals surface area contributed by atoms with Crippen LogP contribution < -0.4 is 10.6 Å². The Balaban J connectivity index is 1.64. The van der Waals surface area contributed by atoms with E-state index in [4.69, 9.17) is 4.42 Å². The van der Waals surface area contributed by atoms with Crippen LogP contribution in [0.4, 0.5) is 0 Å². The number of hydrogen-bond donors (Lipinski definition) is 2. The van der Waals surface area contributed by atoms with E-state index in [0.717, 1.165) is 21.9 Å². The third-order valence-electron chi connectivity index (χ3n) is 3.88. The highest BCUT2D eigenvalue weighted by atomic mass is 32.2. The zero-order valence-electron chi connectivity index (χ0n) is 13.3. The van der Waals surface area contributed by atoms with Crippen LogP contribution in [0, 0.1) is 0 Å². The van der Waals surface area contributed by atoms with Gasteiger partial charge in [-0.15, -0.1) is 0 Å². The number of rotatable bonds is 4. The molecular formula is C20H16N2O2S. The van der Waals surface area contributed by atoms with Crippen molar-refractivity contribution in [2.24, 2.45) is 0 Å². The first-order valence-corrected chi connectivity index (χ1v) is 8.82.